The van der Waals surface area contributed by atoms with Gasteiger partial charge in [0.05, 0.1) is 0 Å². The molecule has 0 bridgehead atoms. The van der Waals surface area contributed by atoms with E-state index in [0.717, 1.165) is 12.5 Å². The number of halogens is 1. The molecule has 0 aromatic rings. The lowest BCUT2D eigenvalue weighted by molar-refractivity contribution is -0.479. The molecule has 6 heteroatoms. The van der Waals surface area contributed by atoms with Gasteiger partial charge >= 0.3 is 0 Å². The molecule has 0 heterocycles. The molecule has 0 aliphatic rings. The van der Waals surface area contributed by atoms with Crippen LogP contribution in [0, 0.1) is 10.1 Å². The highest BCUT2D eigenvalue weighted by Crippen LogP contribution is 1.98. The van der Waals surface area contributed by atoms with E-state index in [2.05, 4.69) is 42.1 Å². The van der Waals surface area contributed by atoms with Crippen LogP contribution in [0.15, 0.2) is 0 Å². The molecule has 0 unspecified atom stereocenters. The van der Waals surface area contributed by atoms with Gasteiger partial charge in [0.2, 0.25) is 6.54 Å². The van der Waals surface area contributed by atoms with E-state index in [4.69, 9.17) is 0 Å². The van der Waals surface area contributed by atoms with Crippen molar-refractivity contribution in [2.75, 3.05) is 11.9 Å². The van der Waals surface area contributed by atoms with Crippen molar-refractivity contribution in [2.24, 2.45) is 0 Å². The highest BCUT2D eigenvalue weighted by molar-refractivity contribution is 9.09. The van der Waals surface area contributed by atoms with Crippen LogP contribution in [0.25, 0.3) is 0 Å². The predicted molar refractivity (Wildman–Crippen MR) is 82.3 cm³/mol. The maximum absolute atomic E-state index is 9.80. The summed E-state index contributed by atoms with van der Waals surface area (Å²) in [5, 5.41) is 11.0. The number of hydrogen-bond donors (Lipinski definition) is 0. The fourth-order valence-corrected chi connectivity index (χ4v) is 4.06. The minimum Gasteiger partial charge on any atom is -0.265 e. The summed E-state index contributed by atoms with van der Waals surface area (Å²) in [5.41, 5.74) is 0. The zero-order valence-electron chi connectivity index (χ0n) is 11.0. The Bertz CT molecular complexity index is 169. The molecular formula is C10H26BrNO2Si2. The first kappa shape index (κ1) is 18.7. The molecule has 0 saturated carbocycles. The van der Waals surface area contributed by atoms with Crippen LogP contribution in [0.3, 0.4) is 0 Å². The lowest BCUT2D eigenvalue weighted by atomic mass is 10.5. The highest BCUT2D eigenvalue weighted by atomic mass is 79.9. The van der Waals surface area contributed by atoms with Crippen molar-refractivity contribution in [3.63, 3.8) is 0 Å². The van der Waals surface area contributed by atoms with E-state index in [1.54, 1.807) is 0 Å². The molecule has 0 amide bonds. The first-order valence-corrected chi connectivity index (χ1v) is 13.4. The van der Waals surface area contributed by atoms with E-state index in [1.807, 2.05) is 0 Å². The van der Waals surface area contributed by atoms with Crippen LogP contribution >= 0.6 is 15.9 Å². The molecule has 0 spiro atoms. The molecule has 98 valence electrons. The van der Waals surface area contributed by atoms with Crippen molar-refractivity contribution in [2.45, 2.75) is 51.1 Å². The summed E-state index contributed by atoms with van der Waals surface area (Å²) < 4.78 is 0. The quantitative estimate of drug-likeness (QED) is 0.311. The van der Waals surface area contributed by atoms with E-state index in [-0.39, 0.29) is 20.3 Å². The third-order valence-electron chi connectivity index (χ3n) is 2.04. The normalized spacial score (nSPS) is 10.2. The van der Waals surface area contributed by atoms with Gasteiger partial charge in [-0.05, 0) is 6.42 Å². The maximum Gasteiger partial charge on any atom is 0.203 e. The summed E-state index contributed by atoms with van der Waals surface area (Å²) in [6.45, 7) is 9.36. The molecule has 0 aromatic carbocycles. The molecule has 0 aliphatic carbocycles. The fraction of sp³-hybridized carbons (Fsp3) is 1.00. The number of alkyl halides is 1. The van der Waals surface area contributed by atoms with Crippen LogP contribution in [-0.4, -0.2) is 34.4 Å². The van der Waals surface area contributed by atoms with E-state index in [9.17, 15) is 10.1 Å². The SMILES string of the molecule is C[SiH](C)CCCBr.C[SiH](C)CCC[N+](=O)[O-]. The maximum atomic E-state index is 9.80. The van der Waals surface area contributed by atoms with Gasteiger partial charge in [-0.3, -0.25) is 10.1 Å². The van der Waals surface area contributed by atoms with Crippen molar-refractivity contribution in [3.8, 4) is 0 Å². The first-order valence-electron chi connectivity index (χ1n) is 6.07. The van der Waals surface area contributed by atoms with Crippen LogP contribution in [0.5, 0.6) is 0 Å². The van der Waals surface area contributed by atoms with Crippen molar-refractivity contribution in [1.82, 2.24) is 0 Å². The second-order valence-corrected chi connectivity index (χ2v) is 12.3. The van der Waals surface area contributed by atoms with Crippen molar-refractivity contribution in [3.05, 3.63) is 10.1 Å². The van der Waals surface area contributed by atoms with Crippen LogP contribution in [0.2, 0.25) is 38.3 Å². The Hall–Kier alpha value is 0.314. The summed E-state index contributed by atoms with van der Waals surface area (Å²) in [5.74, 6) is 0. The van der Waals surface area contributed by atoms with Gasteiger partial charge < -0.3 is 0 Å². The van der Waals surface area contributed by atoms with E-state index >= 15 is 0 Å². The van der Waals surface area contributed by atoms with E-state index in [0.29, 0.717) is 0 Å². The molecule has 0 saturated heterocycles. The van der Waals surface area contributed by atoms with Crippen molar-refractivity contribution < 1.29 is 4.92 Å². The summed E-state index contributed by atoms with van der Waals surface area (Å²) >= 11 is 3.40. The molecule has 3 nitrogen and oxygen atoms in total. The smallest absolute Gasteiger partial charge is 0.203 e. The first-order chi connectivity index (χ1) is 7.40. The second kappa shape index (κ2) is 13.4. The second-order valence-electron chi connectivity index (χ2n) is 4.82. The molecule has 0 rings (SSSR count). The zero-order chi connectivity index (χ0) is 13.0. The lowest BCUT2D eigenvalue weighted by Crippen LogP contribution is -2.05. The number of rotatable bonds is 7. The van der Waals surface area contributed by atoms with Crippen LogP contribution in [0.1, 0.15) is 12.8 Å². The van der Waals surface area contributed by atoms with Gasteiger partial charge in [-0.2, -0.15) is 0 Å². The van der Waals surface area contributed by atoms with Gasteiger partial charge in [-0.1, -0.05) is 54.2 Å². The van der Waals surface area contributed by atoms with Crippen molar-refractivity contribution >= 4 is 33.5 Å². The monoisotopic (exact) mass is 327 g/mol. The Balaban J connectivity index is 0. The topological polar surface area (TPSA) is 43.1 Å². The standard InChI is InChI=1S/C5H13BrSi.C5H13NO2Si/c1-7(2)5-3-4-6;1-9(2)5-3-4-6(7)8/h7H,3-5H2,1-2H3;9H,3-5H2,1-2H3. The van der Waals surface area contributed by atoms with Gasteiger partial charge in [-0.15, -0.1) is 0 Å². The van der Waals surface area contributed by atoms with E-state index in [1.165, 1.54) is 17.8 Å². The van der Waals surface area contributed by atoms with Gasteiger partial charge in [-0.25, -0.2) is 0 Å². The lowest BCUT2D eigenvalue weighted by Gasteiger charge is -1.96. The van der Waals surface area contributed by atoms with Crippen molar-refractivity contribution in [1.29, 1.82) is 0 Å². The predicted octanol–water partition coefficient (Wildman–Crippen LogP) is 3.40. The Morgan fingerprint density at radius 2 is 1.50 bits per heavy atom. The summed E-state index contributed by atoms with van der Waals surface area (Å²) in [4.78, 5) is 9.56. The van der Waals surface area contributed by atoms with Crippen LogP contribution < -0.4 is 0 Å². The Morgan fingerprint density at radius 1 is 1.06 bits per heavy atom. The molecule has 0 aliphatic heterocycles. The fourth-order valence-electron chi connectivity index (χ4n) is 1.11. The minimum absolute atomic E-state index is 0.158. The van der Waals surface area contributed by atoms with Crippen LogP contribution in [-0.2, 0) is 0 Å². The third kappa shape index (κ3) is 23.9. The largest absolute Gasteiger partial charge is 0.265 e. The minimum atomic E-state index is -0.534. The average Bonchev–Trinajstić information content (AvgIpc) is 2.14. The van der Waals surface area contributed by atoms with Gasteiger partial charge in [0, 0.05) is 34.3 Å². The van der Waals surface area contributed by atoms with Gasteiger partial charge in [0.15, 0.2) is 0 Å². The molecule has 0 radical (unpaired) electrons. The Kier molecular flexibility index (Phi) is 15.6. The summed E-state index contributed by atoms with van der Waals surface area (Å²) in [6.07, 6.45) is 2.15. The molecule has 16 heavy (non-hydrogen) atoms. The number of hydrogen-bond acceptors (Lipinski definition) is 2. The summed E-state index contributed by atoms with van der Waals surface area (Å²) in [6, 6.07) is 2.59. The molecular weight excluding hydrogens is 302 g/mol. The third-order valence-corrected chi connectivity index (χ3v) is 5.72. The Morgan fingerprint density at radius 3 is 1.75 bits per heavy atom. The zero-order valence-corrected chi connectivity index (χ0v) is 14.9. The number of nitrogens with zero attached hydrogens (tertiary/aromatic N) is 1. The molecule has 0 aromatic heterocycles. The average molecular weight is 328 g/mol. The number of nitro groups is 1. The van der Waals surface area contributed by atoms with E-state index < -0.39 is 8.80 Å². The van der Waals surface area contributed by atoms with Gasteiger partial charge in [0.25, 0.3) is 0 Å². The molecule has 0 atom stereocenters. The highest BCUT2D eigenvalue weighted by Gasteiger charge is 1.99. The van der Waals surface area contributed by atoms with Crippen LogP contribution in [0.4, 0.5) is 0 Å². The molecule has 0 N–H and O–H groups in total. The molecule has 0 fully saturated rings. The Labute approximate surface area is 112 Å². The summed E-state index contributed by atoms with van der Waals surface area (Å²) in [7, 11) is -0.752. The van der Waals surface area contributed by atoms with Gasteiger partial charge in [0.1, 0.15) is 0 Å².